The fraction of sp³-hybridized carbons (Fsp3) is 0.188. The predicted molar refractivity (Wildman–Crippen MR) is 77.4 cm³/mol. The molecule has 0 atom stereocenters. The Bertz CT molecular complexity index is 654. The Labute approximate surface area is 131 Å². The summed E-state index contributed by atoms with van der Waals surface area (Å²) in [6, 6.07) is 12.6. The normalized spacial score (nSPS) is 11.5. The summed E-state index contributed by atoms with van der Waals surface area (Å²) in [6.45, 7) is -0.171. The lowest BCUT2D eigenvalue weighted by Gasteiger charge is -2.12. The molecule has 0 aliphatic rings. The number of halogens is 3. The van der Waals surface area contributed by atoms with E-state index in [-0.39, 0.29) is 17.9 Å². The molecule has 2 aromatic rings. The first-order chi connectivity index (χ1) is 11.0. The topological polar surface area (TPSA) is 40.0 Å². The molecule has 0 saturated carbocycles. The van der Waals surface area contributed by atoms with Gasteiger partial charge in [0.25, 0.3) is 0 Å². The van der Waals surface area contributed by atoms with Crippen molar-refractivity contribution in [2.45, 2.75) is 13.0 Å². The summed E-state index contributed by atoms with van der Waals surface area (Å²) in [5, 5.41) is 3.60. The minimum absolute atomic E-state index is 0.171. The van der Waals surface area contributed by atoms with Crippen LogP contribution in [0.4, 0.5) is 13.2 Å². The quantitative estimate of drug-likeness (QED) is 0.595. The Hall–Kier alpha value is -2.70. The standard InChI is InChI=1S/C16H13F3NO3/c1-21-14-8-6-12(7-9-14)10-20-22-11-13-4-2-3-5-15(13)23-16(17,18)19/h2-9H,11H2,1H3. The zero-order valence-electron chi connectivity index (χ0n) is 12.1. The maximum Gasteiger partial charge on any atom is 0.573 e. The molecular formula is C16H13F3NO3. The van der Waals surface area contributed by atoms with Crippen LogP contribution in [-0.2, 0) is 11.4 Å². The number of rotatable bonds is 6. The number of hydrogen-bond acceptors (Lipinski definition) is 4. The van der Waals surface area contributed by atoms with E-state index < -0.39 is 6.36 Å². The molecule has 0 saturated heterocycles. The SMILES string of the molecule is COc1ccc(/[C]=N\OCc2ccccc2OC(F)(F)F)cc1. The van der Waals surface area contributed by atoms with Gasteiger partial charge in [0.15, 0.2) is 0 Å². The fourth-order valence-corrected chi connectivity index (χ4v) is 1.70. The van der Waals surface area contributed by atoms with Gasteiger partial charge < -0.3 is 14.3 Å². The van der Waals surface area contributed by atoms with Crippen LogP contribution in [0.25, 0.3) is 0 Å². The van der Waals surface area contributed by atoms with E-state index in [1.54, 1.807) is 37.4 Å². The van der Waals surface area contributed by atoms with E-state index >= 15 is 0 Å². The monoisotopic (exact) mass is 324 g/mol. The van der Waals surface area contributed by atoms with Crippen molar-refractivity contribution in [3.8, 4) is 11.5 Å². The lowest BCUT2D eigenvalue weighted by molar-refractivity contribution is -0.275. The van der Waals surface area contributed by atoms with Crippen LogP contribution >= 0.6 is 0 Å². The molecule has 121 valence electrons. The van der Waals surface area contributed by atoms with Gasteiger partial charge in [0, 0.05) is 11.1 Å². The molecule has 0 spiro atoms. The molecule has 2 aromatic carbocycles. The van der Waals surface area contributed by atoms with Crippen LogP contribution in [-0.4, -0.2) is 19.7 Å². The van der Waals surface area contributed by atoms with Gasteiger partial charge in [-0.1, -0.05) is 23.4 Å². The first-order valence-corrected chi connectivity index (χ1v) is 6.53. The van der Waals surface area contributed by atoms with E-state index in [4.69, 9.17) is 9.57 Å². The summed E-state index contributed by atoms with van der Waals surface area (Å²) < 4.78 is 45.8. The van der Waals surface area contributed by atoms with E-state index in [0.29, 0.717) is 11.3 Å². The zero-order valence-corrected chi connectivity index (χ0v) is 12.1. The number of hydrogen-bond donors (Lipinski definition) is 0. The lowest BCUT2D eigenvalue weighted by Crippen LogP contribution is -2.18. The smallest absolute Gasteiger partial charge is 0.497 e. The van der Waals surface area contributed by atoms with Crippen LogP contribution in [0.5, 0.6) is 11.5 Å². The maximum absolute atomic E-state index is 12.3. The first-order valence-electron chi connectivity index (χ1n) is 6.53. The molecule has 0 N–H and O–H groups in total. The van der Waals surface area contributed by atoms with Gasteiger partial charge in [-0.05, 0) is 30.3 Å². The molecule has 23 heavy (non-hydrogen) atoms. The number of nitrogens with zero attached hydrogens (tertiary/aromatic N) is 1. The van der Waals surface area contributed by atoms with Gasteiger partial charge in [0.05, 0.1) is 7.11 Å². The largest absolute Gasteiger partial charge is 0.573 e. The van der Waals surface area contributed by atoms with Crippen molar-refractivity contribution in [2.75, 3.05) is 7.11 Å². The highest BCUT2D eigenvalue weighted by Crippen LogP contribution is 2.26. The molecule has 0 aromatic heterocycles. The van der Waals surface area contributed by atoms with E-state index in [9.17, 15) is 13.2 Å². The van der Waals surface area contributed by atoms with Gasteiger partial charge in [-0.2, -0.15) is 0 Å². The fourth-order valence-electron chi connectivity index (χ4n) is 1.70. The number of para-hydroxylation sites is 1. The number of alkyl halides is 3. The Morgan fingerprint density at radius 1 is 1.04 bits per heavy atom. The molecular weight excluding hydrogens is 311 g/mol. The number of ether oxygens (including phenoxy) is 2. The van der Waals surface area contributed by atoms with Crippen molar-refractivity contribution in [1.82, 2.24) is 0 Å². The van der Waals surface area contributed by atoms with Crippen molar-refractivity contribution in [1.29, 1.82) is 0 Å². The summed E-state index contributed by atoms with van der Waals surface area (Å²) in [7, 11) is 1.55. The van der Waals surface area contributed by atoms with Crippen LogP contribution in [0.1, 0.15) is 11.1 Å². The molecule has 0 amide bonds. The van der Waals surface area contributed by atoms with E-state index in [1.807, 2.05) is 0 Å². The molecule has 7 heteroatoms. The van der Waals surface area contributed by atoms with Crippen LogP contribution in [0.15, 0.2) is 53.7 Å². The third kappa shape index (κ3) is 5.54. The van der Waals surface area contributed by atoms with Crippen molar-refractivity contribution >= 4 is 6.21 Å². The van der Waals surface area contributed by atoms with Crippen LogP contribution in [0, 0.1) is 0 Å². The van der Waals surface area contributed by atoms with Gasteiger partial charge >= 0.3 is 6.36 Å². The molecule has 4 nitrogen and oxygen atoms in total. The lowest BCUT2D eigenvalue weighted by atomic mass is 10.2. The molecule has 2 rings (SSSR count). The van der Waals surface area contributed by atoms with Gasteiger partial charge in [-0.15, -0.1) is 13.2 Å². The maximum atomic E-state index is 12.3. The Morgan fingerprint density at radius 3 is 2.39 bits per heavy atom. The zero-order chi connectivity index (χ0) is 16.7. The Balaban J connectivity index is 1.94. The summed E-state index contributed by atoms with van der Waals surface area (Å²) >= 11 is 0. The van der Waals surface area contributed by atoms with Crippen molar-refractivity contribution in [3.05, 3.63) is 59.7 Å². The van der Waals surface area contributed by atoms with Crippen molar-refractivity contribution in [3.63, 3.8) is 0 Å². The van der Waals surface area contributed by atoms with Crippen molar-refractivity contribution in [2.24, 2.45) is 5.16 Å². The van der Waals surface area contributed by atoms with Crippen LogP contribution in [0.2, 0.25) is 0 Å². The van der Waals surface area contributed by atoms with Crippen molar-refractivity contribution < 1.29 is 27.5 Å². The molecule has 0 aliphatic carbocycles. The predicted octanol–water partition coefficient (Wildman–Crippen LogP) is 4.02. The summed E-state index contributed by atoms with van der Waals surface area (Å²) in [6.07, 6.45) is -2.14. The average Bonchev–Trinajstić information content (AvgIpc) is 2.52. The molecule has 1 radical (unpaired) electrons. The Morgan fingerprint density at radius 2 is 1.74 bits per heavy atom. The molecule has 0 unspecified atom stereocenters. The van der Waals surface area contributed by atoms with Gasteiger partial charge in [-0.25, -0.2) is 0 Å². The average molecular weight is 324 g/mol. The Kier molecular flexibility index (Phi) is 5.46. The van der Waals surface area contributed by atoms with Crippen LogP contribution < -0.4 is 9.47 Å². The summed E-state index contributed by atoms with van der Waals surface area (Å²) in [5.41, 5.74) is 0.871. The highest BCUT2D eigenvalue weighted by molar-refractivity contribution is 5.79. The second-order valence-corrected chi connectivity index (χ2v) is 4.36. The van der Waals surface area contributed by atoms with Crippen LogP contribution in [0.3, 0.4) is 0 Å². The second kappa shape index (κ2) is 7.53. The molecule has 0 bridgehead atoms. The minimum Gasteiger partial charge on any atom is -0.497 e. The minimum atomic E-state index is -4.76. The highest BCUT2D eigenvalue weighted by atomic mass is 19.4. The van der Waals surface area contributed by atoms with Gasteiger partial charge in [0.2, 0.25) is 0 Å². The van der Waals surface area contributed by atoms with E-state index in [2.05, 4.69) is 16.1 Å². The molecule has 0 heterocycles. The van der Waals surface area contributed by atoms with Gasteiger partial charge in [0.1, 0.15) is 24.3 Å². The first kappa shape index (κ1) is 16.7. The third-order valence-electron chi connectivity index (χ3n) is 2.75. The van der Waals surface area contributed by atoms with Gasteiger partial charge in [-0.3, -0.25) is 0 Å². The van der Waals surface area contributed by atoms with E-state index in [1.165, 1.54) is 18.2 Å². The second-order valence-electron chi connectivity index (χ2n) is 4.36. The van der Waals surface area contributed by atoms with E-state index in [0.717, 1.165) is 0 Å². The molecule has 0 aliphatic heterocycles. The number of benzene rings is 2. The summed E-state index contributed by atoms with van der Waals surface area (Å²) in [5.74, 6) is 0.370. The highest BCUT2D eigenvalue weighted by Gasteiger charge is 2.32. The third-order valence-corrected chi connectivity index (χ3v) is 2.75. The number of methoxy groups -OCH3 is 1. The summed E-state index contributed by atoms with van der Waals surface area (Å²) in [4.78, 5) is 4.97. The molecule has 0 fully saturated rings.